The van der Waals surface area contributed by atoms with Gasteiger partial charge < -0.3 is 9.47 Å². The van der Waals surface area contributed by atoms with Crippen molar-refractivity contribution in [1.29, 1.82) is 0 Å². The van der Waals surface area contributed by atoms with Crippen LogP contribution < -0.4 is 14.2 Å². The van der Waals surface area contributed by atoms with E-state index in [1.807, 2.05) is 51.1 Å². The summed E-state index contributed by atoms with van der Waals surface area (Å²) in [5.41, 5.74) is 1.55. The normalized spacial score (nSPS) is 12.6. The van der Waals surface area contributed by atoms with E-state index < -0.39 is 10.0 Å². The Bertz CT molecular complexity index is 822. The zero-order valence-corrected chi connectivity index (χ0v) is 17.6. The minimum Gasteiger partial charge on any atom is -0.490 e. The van der Waals surface area contributed by atoms with Crippen LogP contribution in [0.15, 0.2) is 46.9 Å². The lowest BCUT2D eigenvalue weighted by atomic mass is 10.1. The lowest BCUT2D eigenvalue weighted by Gasteiger charge is -2.17. The molecule has 0 bridgehead atoms. The molecule has 0 aliphatic rings. The Kier molecular flexibility index (Phi) is 7.49. The molecule has 0 saturated carbocycles. The fourth-order valence-electron chi connectivity index (χ4n) is 2.52. The Balaban J connectivity index is 2.13. The monoisotopic (exact) mass is 441 g/mol. The maximum atomic E-state index is 12.5. The number of rotatable bonds is 9. The zero-order valence-electron chi connectivity index (χ0n) is 15.2. The van der Waals surface area contributed by atoms with Gasteiger partial charge in [-0.3, -0.25) is 0 Å². The predicted molar refractivity (Wildman–Crippen MR) is 107 cm³/mol. The average Bonchev–Trinajstić information content (AvgIpc) is 2.58. The first kappa shape index (κ1) is 20.7. The third-order valence-corrected chi connectivity index (χ3v) is 5.65. The van der Waals surface area contributed by atoms with Crippen molar-refractivity contribution in [2.45, 2.75) is 32.6 Å². The molecule has 2 aromatic carbocycles. The maximum Gasteiger partial charge on any atom is 0.216 e. The lowest BCUT2D eigenvalue weighted by Crippen LogP contribution is -2.28. The second-order valence-corrected chi connectivity index (χ2v) is 8.47. The van der Waals surface area contributed by atoms with Crippen molar-refractivity contribution in [3.63, 3.8) is 0 Å². The summed E-state index contributed by atoms with van der Waals surface area (Å²) in [5, 5.41) is 0. The van der Waals surface area contributed by atoms with Gasteiger partial charge in [0.2, 0.25) is 10.0 Å². The standard InChI is InChI=1S/C19H24BrNO4S/c1-4-24-18-11-8-16(12-19(18)25-5-2)14(3)21-26(22,23)13-15-6-9-17(20)10-7-15/h6-12,14,21H,4-5,13H2,1-3H3/t14-/m1/s1. The van der Waals surface area contributed by atoms with Crippen molar-refractivity contribution in [3.05, 3.63) is 58.1 Å². The van der Waals surface area contributed by atoms with E-state index in [0.717, 1.165) is 15.6 Å². The van der Waals surface area contributed by atoms with Gasteiger partial charge in [-0.2, -0.15) is 0 Å². The third-order valence-electron chi connectivity index (χ3n) is 3.69. The van der Waals surface area contributed by atoms with Crippen LogP contribution in [0.2, 0.25) is 0 Å². The summed E-state index contributed by atoms with van der Waals surface area (Å²) in [6.45, 7) is 6.65. The van der Waals surface area contributed by atoms with Gasteiger partial charge in [-0.1, -0.05) is 34.1 Å². The summed E-state index contributed by atoms with van der Waals surface area (Å²) in [4.78, 5) is 0. The number of hydrogen-bond donors (Lipinski definition) is 1. The van der Waals surface area contributed by atoms with Crippen molar-refractivity contribution < 1.29 is 17.9 Å². The molecule has 1 atom stereocenters. The van der Waals surface area contributed by atoms with E-state index in [0.29, 0.717) is 24.7 Å². The zero-order chi connectivity index (χ0) is 19.2. The van der Waals surface area contributed by atoms with Crippen LogP contribution in [0.1, 0.15) is 37.9 Å². The summed E-state index contributed by atoms with van der Waals surface area (Å²) in [7, 11) is -3.48. The highest BCUT2D eigenvalue weighted by Crippen LogP contribution is 2.31. The Hall–Kier alpha value is -1.57. The van der Waals surface area contributed by atoms with Crippen molar-refractivity contribution in [1.82, 2.24) is 4.72 Å². The number of halogens is 1. The minimum atomic E-state index is -3.48. The van der Waals surface area contributed by atoms with Crippen molar-refractivity contribution >= 4 is 26.0 Å². The van der Waals surface area contributed by atoms with Gasteiger partial charge in [-0.25, -0.2) is 13.1 Å². The minimum absolute atomic E-state index is 0.0695. The van der Waals surface area contributed by atoms with Gasteiger partial charge in [-0.15, -0.1) is 0 Å². The molecule has 0 amide bonds. The average molecular weight is 442 g/mol. The van der Waals surface area contributed by atoms with E-state index in [4.69, 9.17) is 9.47 Å². The first-order chi connectivity index (χ1) is 12.3. The molecule has 0 heterocycles. The topological polar surface area (TPSA) is 64.6 Å². The quantitative estimate of drug-likeness (QED) is 0.624. The highest BCUT2D eigenvalue weighted by atomic mass is 79.9. The molecule has 7 heteroatoms. The molecule has 0 fully saturated rings. The Morgan fingerprint density at radius 1 is 1.00 bits per heavy atom. The molecular formula is C19H24BrNO4S. The van der Waals surface area contributed by atoms with Crippen LogP contribution in [0.3, 0.4) is 0 Å². The predicted octanol–water partition coefficient (Wildman–Crippen LogP) is 4.43. The molecule has 0 unspecified atom stereocenters. The van der Waals surface area contributed by atoms with Crippen LogP contribution in [0.25, 0.3) is 0 Å². The van der Waals surface area contributed by atoms with Crippen molar-refractivity contribution in [2.24, 2.45) is 0 Å². The van der Waals surface area contributed by atoms with Gasteiger partial charge in [0.05, 0.1) is 19.0 Å². The SMILES string of the molecule is CCOc1ccc([C@@H](C)NS(=O)(=O)Cc2ccc(Br)cc2)cc1OCC. The Labute approximate surface area is 163 Å². The Morgan fingerprint density at radius 2 is 1.62 bits per heavy atom. The molecular weight excluding hydrogens is 418 g/mol. The van der Waals surface area contributed by atoms with Gasteiger partial charge in [0.25, 0.3) is 0 Å². The van der Waals surface area contributed by atoms with Crippen LogP contribution in [0.5, 0.6) is 11.5 Å². The molecule has 5 nitrogen and oxygen atoms in total. The van der Waals surface area contributed by atoms with Crippen molar-refractivity contribution in [3.8, 4) is 11.5 Å². The second-order valence-electron chi connectivity index (χ2n) is 5.80. The number of benzene rings is 2. The van der Waals surface area contributed by atoms with Gasteiger partial charge in [0.15, 0.2) is 11.5 Å². The summed E-state index contributed by atoms with van der Waals surface area (Å²) in [5.74, 6) is 1.20. The largest absolute Gasteiger partial charge is 0.490 e. The highest BCUT2D eigenvalue weighted by Gasteiger charge is 2.18. The molecule has 2 aromatic rings. The molecule has 0 spiro atoms. The van der Waals surface area contributed by atoms with Crippen LogP contribution in [0.4, 0.5) is 0 Å². The molecule has 0 radical (unpaired) electrons. The smallest absolute Gasteiger partial charge is 0.216 e. The first-order valence-electron chi connectivity index (χ1n) is 8.48. The molecule has 26 heavy (non-hydrogen) atoms. The van der Waals surface area contributed by atoms with Crippen LogP contribution in [-0.4, -0.2) is 21.6 Å². The molecule has 0 aliphatic carbocycles. The van der Waals surface area contributed by atoms with Crippen LogP contribution >= 0.6 is 15.9 Å². The number of nitrogens with one attached hydrogen (secondary N) is 1. The molecule has 0 saturated heterocycles. The maximum absolute atomic E-state index is 12.5. The fourth-order valence-corrected chi connectivity index (χ4v) is 4.17. The van der Waals surface area contributed by atoms with E-state index in [2.05, 4.69) is 20.7 Å². The fraction of sp³-hybridized carbons (Fsp3) is 0.368. The first-order valence-corrected chi connectivity index (χ1v) is 10.9. The van der Waals surface area contributed by atoms with E-state index >= 15 is 0 Å². The van der Waals surface area contributed by atoms with E-state index in [-0.39, 0.29) is 11.8 Å². The van der Waals surface area contributed by atoms with Gasteiger partial charge >= 0.3 is 0 Å². The van der Waals surface area contributed by atoms with E-state index in [1.165, 1.54) is 0 Å². The van der Waals surface area contributed by atoms with Gasteiger partial charge in [0.1, 0.15) is 0 Å². The number of hydrogen-bond acceptors (Lipinski definition) is 4. The molecule has 2 rings (SSSR count). The molecule has 0 aromatic heterocycles. The molecule has 0 aliphatic heterocycles. The molecule has 142 valence electrons. The lowest BCUT2D eigenvalue weighted by molar-refractivity contribution is 0.287. The summed E-state index contributed by atoms with van der Waals surface area (Å²) in [6, 6.07) is 12.3. The van der Waals surface area contributed by atoms with E-state index in [1.54, 1.807) is 12.1 Å². The third kappa shape index (κ3) is 6.00. The highest BCUT2D eigenvalue weighted by molar-refractivity contribution is 9.10. The van der Waals surface area contributed by atoms with Gasteiger partial charge in [-0.05, 0) is 56.2 Å². The van der Waals surface area contributed by atoms with Crippen molar-refractivity contribution in [2.75, 3.05) is 13.2 Å². The van der Waals surface area contributed by atoms with Crippen LogP contribution in [-0.2, 0) is 15.8 Å². The second kappa shape index (κ2) is 9.39. The summed E-state index contributed by atoms with van der Waals surface area (Å²) in [6.07, 6.45) is 0. The van der Waals surface area contributed by atoms with Crippen LogP contribution in [0, 0.1) is 0 Å². The number of ether oxygens (including phenoxy) is 2. The number of sulfonamides is 1. The van der Waals surface area contributed by atoms with E-state index in [9.17, 15) is 8.42 Å². The Morgan fingerprint density at radius 3 is 2.23 bits per heavy atom. The van der Waals surface area contributed by atoms with Gasteiger partial charge in [0, 0.05) is 10.5 Å². The summed E-state index contributed by atoms with van der Waals surface area (Å²) < 4.78 is 39.7. The molecule has 1 N–H and O–H groups in total. The summed E-state index contributed by atoms with van der Waals surface area (Å²) >= 11 is 3.35.